The molecule has 0 bridgehead atoms. The molecule has 150 valence electrons. The minimum Gasteiger partial charge on any atom is -0.355 e. The van der Waals surface area contributed by atoms with Crippen LogP contribution in [0.2, 0.25) is 0 Å². The van der Waals surface area contributed by atoms with Crippen molar-refractivity contribution in [3.05, 3.63) is 35.9 Å². The molecule has 0 aromatic heterocycles. The van der Waals surface area contributed by atoms with Crippen LogP contribution in [0, 0.1) is 11.8 Å². The maximum atomic E-state index is 12.6. The molecule has 2 fully saturated rings. The zero-order valence-corrected chi connectivity index (χ0v) is 16.8. The van der Waals surface area contributed by atoms with Crippen LogP contribution in [0.15, 0.2) is 30.3 Å². The Morgan fingerprint density at radius 3 is 2.44 bits per heavy atom. The van der Waals surface area contributed by atoms with Gasteiger partial charge in [0.1, 0.15) is 0 Å². The summed E-state index contributed by atoms with van der Waals surface area (Å²) in [4.78, 5) is 26.7. The van der Waals surface area contributed by atoms with E-state index in [9.17, 15) is 9.59 Å². The van der Waals surface area contributed by atoms with Gasteiger partial charge in [0.25, 0.3) is 0 Å². The number of likely N-dealkylation sites (tertiary alicyclic amines) is 1. The lowest BCUT2D eigenvalue weighted by Gasteiger charge is -2.21. The van der Waals surface area contributed by atoms with Crippen molar-refractivity contribution in [3.8, 4) is 0 Å². The first-order chi connectivity index (χ1) is 12.7. The van der Waals surface area contributed by atoms with Crippen molar-refractivity contribution < 1.29 is 9.59 Å². The Bertz CT molecular complexity index is 605. The Balaban J connectivity index is 0.00000261. The van der Waals surface area contributed by atoms with Crippen molar-refractivity contribution in [2.24, 2.45) is 17.6 Å². The van der Waals surface area contributed by atoms with Gasteiger partial charge in [0.05, 0.1) is 0 Å². The molecule has 1 saturated carbocycles. The summed E-state index contributed by atoms with van der Waals surface area (Å²) >= 11 is 0. The molecule has 2 atom stereocenters. The Labute approximate surface area is 168 Å². The van der Waals surface area contributed by atoms with E-state index in [1.54, 1.807) is 0 Å². The van der Waals surface area contributed by atoms with Crippen LogP contribution in [-0.2, 0) is 9.59 Å². The van der Waals surface area contributed by atoms with Crippen LogP contribution in [0.1, 0.15) is 50.0 Å². The molecule has 1 aliphatic carbocycles. The van der Waals surface area contributed by atoms with Crippen LogP contribution in [0.4, 0.5) is 0 Å². The van der Waals surface area contributed by atoms with Crippen molar-refractivity contribution in [2.75, 3.05) is 26.2 Å². The Hall–Kier alpha value is -1.59. The zero-order valence-electron chi connectivity index (χ0n) is 15.9. The molecule has 1 aromatic rings. The van der Waals surface area contributed by atoms with Gasteiger partial charge in [-0.15, -0.1) is 12.4 Å². The highest BCUT2D eigenvalue weighted by molar-refractivity contribution is 5.85. The van der Waals surface area contributed by atoms with Gasteiger partial charge >= 0.3 is 0 Å². The van der Waals surface area contributed by atoms with Crippen molar-refractivity contribution in [3.63, 3.8) is 0 Å². The van der Waals surface area contributed by atoms with Crippen molar-refractivity contribution in [1.82, 2.24) is 10.2 Å². The van der Waals surface area contributed by atoms with E-state index in [1.807, 2.05) is 23.1 Å². The number of amides is 2. The van der Waals surface area contributed by atoms with Crippen molar-refractivity contribution >= 4 is 24.2 Å². The van der Waals surface area contributed by atoms with E-state index in [-0.39, 0.29) is 30.1 Å². The topological polar surface area (TPSA) is 75.4 Å². The average molecular weight is 394 g/mol. The number of nitrogens with two attached hydrogens (primary N) is 1. The van der Waals surface area contributed by atoms with E-state index in [0.717, 1.165) is 32.2 Å². The Kier molecular flexibility index (Phi) is 8.58. The molecule has 2 aliphatic rings. The number of rotatable bonds is 6. The first-order valence-electron chi connectivity index (χ1n) is 9.99. The number of nitrogens with zero attached hydrogens (tertiary/aromatic N) is 1. The molecule has 5 nitrogen and oxygen atoms in total. The number of carbonyl (C=O) groups is 2. The van der Waals surface area contributed by atoms with Crippen LogP contribution in [0.3, 0.4) is 0 Å². The highest BCUT2D eigenvalue weighted by Crippen LogP contribution is 2.32. The molecule has 0 radical (unpaired) electrons. The summed E-state index contributed by atoms with van der Waals surface area (Å²) in [6, 6.07) is 10.3. The van der Waals surface area contributed by atoms with Gasteiger partial charge in [-0.2, -0.15) is 0 Å². The van der Waals surface area contributed by atoms with E-state index < -0.39 is 0 Å². The summed E-state index contributed by atoms with van der Waals surface area (Å²) in [7, 11) is 0. The number of benzene rings is 1. The number of hydrogen-bond acceptors (Lipinski definition) is 3. The van der Waals surface area contributed by atoms with Crippen LogP contribution in [-0.4, -0.2) is 42.9 Å². The molecule has 1 aromatic carbocycles. The summed E-state index contributed by atoms with van der Waals surface area (Å²) in [5.41, 5.74) is 7.20. The third kappa shape index (κ3) is 5.69. The highest BCUT2D eigenvalue weighted by Gasteiger charge is 2.35. The molecule has 1 saturated heterocycles. The third-order valence-corrected chi connectivity index (χ3v) is 5.94. The van der Waals surface area contributed by atoms with Gasteiger partial charge < -0.3 is 16.0 Å². The average Bonchev–Trinajstić information content (AvgIpc) is 3.14. The van der Waals surface area contributed by atoms with E-state index in [1.165, 1.54) is 12.0 Å². The monoisotopic (exact) mass is 393 g/mol. The Morgan fingerprint density at radius 1 is 1.07 bits per heavy atom. The molecule has 1 heterocycles. The van der Waals surface area contributed by atoms with Crippen molar-refractivity contribution in [1.29, 1.82) is 0 Å². The van der Waals surface area contributed by atoms with E-state index >= 15 is 0 Å². The fourth-order valence-corrected chi connectivity index (χ4v) is 4.35. The minimum atomic E-state index is 0. The summed E-state index contributed by atoms with van der Waals surface area (Å²) < 4.78 is 0. The first kappa shape index (κ1) is 21.7. The quantitative estimate of drug-likeness (QED) is 0.780. The summed E-state index contributed by atoms with van der Waals surface area (Å²) in [6.07, 6.45) is 5.88. The molecule has 2 amide bonds. The van der Waals surface area contributed by atoms with Gasteiger partial charge in [0, 0.05) is 37.9 Å². The third-order valence-electron chi connectivity index (χ3n) is 5.94. The van der Waals surface area contributed by atoms with Crippen molar-refractivity contribution in [2.45, 2.75) is 44.4 Å². The van der Waals surface area contributed by atoms with Crippen LogP contribution < -0.4 is 11.1 Å². The molecule has 3 N–H and O–H groups in total. The number of nitrogens with one attached hydrogen (secondary N) is 1. The molecular weight excluding hydrogens is 362 g/mol. The van der Waals surface area contributed by atoms with E-state index in [0.29, 0.717) is 37.9 Å². The fraction of sp³-hybridized carbons (Fsp3) is 0.619. The lowest BCUT2D eigenvalue weighted by Crippen LogP contribution is -2.36. The molecule has 1 aliphatic heterocycles. The Morgan fingerprint density at radius 2 is 1.78 bits per heavy atom. The lowest BCUT2D eigenvalue weighted by molar-refractivity contribution is -0.130. The molecule has 6 heteroatoms. The predicted molar refractivity (Wildman–Crippen MR) is 110 cm³/mol. The fourth-order valence-electron chi connectivity index (χ4n) is 4.35. The van der Waals surface area contributed by atoms with E-state index in [2.05, 4.69) is 17.4 Å². The zero-order chi connectivity index (χ0) is 18.4. The van der Waals surface area contributed by atoms with Gasteiger partial charge in [0.15, 0.2) is 0 Å². The molecule has 3 rings (SSSR count). The maximum absolute atomic E-state index is 12.6. The number of carbonyl (C=O) groups excluding carboxylic acids is 2. The molecule has 0 spiro atoms. The van der Waals surface area contributed by atoms with Gasteiger partial charge in [0.2, 0.25) is 11.8 Å². The smallest absolute Gasteiger partial charge is 0.224 e. The second kappa shape index (κ2) is 10.7. The normalized spacial score (nSPS) is 22.9. The predicted octanol–water partition coefficient (Wildman–Crippen LogP) is 2.70. The second-order valence-electron chi connectivity index (χ2n) is 7.69. The summed E-state index contributed by atoms with van der Waals surface area (Å²) in [5, 5.41) is 2.96. The lowest BCUT2D eigenvalue weighted by atomic mass is 9.89. The van der Waals surface area contributed by atoms with E-state index in [4.69, 9.17) is 5.73 Å². The van der Waals surface area contributed by atoms with Crippen LogP contribution in [0.5, 0.6) is 0 Å². The summed E-state index contributed by atoms with van der Waals surface area (Å²) in [5.74, 6) is 1.00. The minimum absolute atomic E-state index is 0. The highest BCUT2D eigenvalue weighted by atomic mass is 35.5. The standard InChI is InChI=1S/C21H31N3O2.ClH/c22-13-18-14-24(15-19(18)16-7-3-1-4-8-16)20(25)11-12-23-21(26)17-9-5-2-6-10-17;/h1,3-4,7-8,17-19H,2,5-6,9-15,22H2,(H,23,26);1H/t18-,19+;/m1./s1. The second-order valence-corrected chi connectivity index (χ2v) is 7.69. The van der Waals surface area contributed by atoms with Crippen LogP contribution in [0.25, 0.3) is 0 Å². The number of hydrogen-bond donors (Lipinski definition) is 2. The molecular formula is C21H32ClN3O2. The van der Waals surface area contributed by atoms with Crippen LogP contribution >= 0.6 is 12.4 Å². The summed E-state index contributed by atoms with van der Waals surface area (Å²) in [6.45, 7) is 2.46. The maximum Gasteiger partial charge on any atom is 0.224 e. The van der Waals surface area contributed by atoms with Gasteiger partial charge in [-0.25, -0.2) is 0 Å². The number of halogens is 1. The molecule has 0 unspecified atom stereocenters. The van der Waals surface area contributed by atoms with Gasteiger partial charge in [-0.05, 0) is 30.9 Å². The van der Waals surface area contributed by atoms with Gasteiger partial charge in [-0.3, -0.25) is 9.59 Å². The van der Waals surface area contributed by atoms with Gasteiger partial charge in [-0.1, -0.05) is 49.6 Å². The SMILES string of the molecule is Cl.NC[C@@H]1CN(C(=O)CCNC(=O)C2CCCCC2)C[C@H]1c1ccccc1. The largest absolute Gasteiger partial charge is 0.355 e. The first-order valence-corrected chi connectivity index (χ1v) is 9.99. The molecule has 27 heavy (non-hydrogen) atoms.